The summed E-state index contributed by atoms with van der Waals surface area (Å²) in [6.45, 7) is 10.6. The maximum Gasteiger partial charge on any atom is 0.255 e. The van der Waals surface area contributed by atoms with Crippen LogP contribution in [-0.4, -0.2) is 52.9 Å². The Morgan fingerprint density at radius 3 is 2.71 bits per heavy atom. The lowest BCUT2D eigenvalue weighted by Crippen LogP contribution is -2.44. The van der Waals surface area contributed by atoms with Gasteiger partial charge in [0.25, 0.3) is 5.91 Å². The molecule has 21 heavy (non-hydrogen) atoms. The van der Waals surface area contributed by atoms with E-state index in [9.17, 15) is 4.79 Å². The van der Waals surface area contributed by atoms with Gasteiger partial charge in [0.15, 0.2) is 0 Å². The second-order valence-corrected chi connectivity index (χ2v) is 6.36. The first-order valence-electron chi connectivity index (χ1n) is 8.01. The Hall–Kier alpha value is -1.42. The van der Waals surface area contributed by atoms with Crippen LogP contribution < -0.4 is 0 Å². The molecule has 1 amide bonds. The highest BCUT2D eigenvalue weighted by atomic mass is 16.2. The number of hydrogen-bond donors (Lipinski definition) is 0. The lowest BCUT2D eigenvalue weighted by Gasteiger charge is -2.33. The van der Waals surface area contributed by atoms with Crippen molar-refractivity contribution in [3.8, 4) is 0 Å². The second kappa shape index (κ2) is 7.55. The van der Waals surface area contributed by atoms with Gasteiger partial charge < -0.3 is 9.80 Å². The molecule has 116 valence electrons. The number of nitrogens with zero attached hydrogens (tertiary/aromatic N) is 3. The normalized spacial score (nSPS) is 17.1. The van der Waals surface area contributed by atoms with Crippen LogP contribution in [-0.2, 0) is 0 Å². The van der Waals surface area contributed by atoms with Gasteiger partial charge in [-0.25, -0.2) is 0 Å². The zero-order valence-electron chi connectivity index (χ0n) is 13.5. The average Bonchev–Trinajstić information content (AvgIpc) is 2.49. The standard InChI is InChI=1S/C17H27N3O/c1-14(2)20(17(21)16-5-4-8-18-13-16)12-11-19-9-6-15(3)7-10-19/h4-5,8,13-15H,6-7,9-12H2,1-3H3. The number of amides is 1. The molecule has 1 aromatic rings. The first-order valence-corrected chi connectivity index (χ1v) is 8.01. The SMILES string of the molecule is CC1CCN(CCN(C(=O)c2cccnc2)C(C)C)CC1. The number of carbonyl (C=O) groups excluding carboxylic acids is 1. The molecule has 1 aliphatic heterocycles. The number of piperidine rings is 1. The molecule has 1 aliphatic rings. The number of aromatic nitrogens is 1. The molecule has 4 nitrogen and oxygen atoms in total. The molecule has 0 N–H and O–H groups in total. The molecule has 0 saturated carbocycles. The summed E-state index contributed by atoms with van der Waals surface area (Å²) >= 11 is 0. The van der Waals surface area contributed by atoms with E-state index in [2.05, 4.69) is 30.7 Å². The van der Waals surface area contributed by atoms with Gasteiger partial charge in [0.1, 0.15) is 0 Å². The zero-order chi connectivity index (χ0) is 15.2. The summed E-state index contributed by atoms with van der Waals surface area (Å²) in [6.07, 6.45) is 5.90. The average molecular weight is 289 g/mol. The van der Waals surface area contributed by atoms with Crippen molar-refractivity contribution in [1.82, 2.24) is 14.8 Å². The molecule has 0 aromatic carbocycles. The number of pyridine rings is 1. The summed E-state index contributed by atoms with van der Waals surface area (Å²) < 4.78 is 0. The van der Waals surface area contributed by atoms with Crippen LogP contribution in [0.25, 0.3) is 0 Å². The Labute approximate surface area is 128 Å². The van der Waals surface area contributed by atoms with Gasteiger partial charge in [0.2, 0.25) is 0 Å². The number of rotatable bonds is 5. The highest BCUT2D eigenvalue weighted by molar-refractivity contribution is 5.94. The van der Waals surface area contributed by atoms with E-state index in [1.165, 1.54) is 12.8 Å². The van der Waals surface area contributed by atoms with Crippen molar-refractivity contribution in [3.63, 3.8) is 0 Å². The van der Waals surface area contributed by atoms with Crippen molar-refractivity contribution in [2.24, 2.45) is 5.92 Å². The van der Waals surface area contributed by atoms with E-state index >= 15 is 0 Å². The minimum Gasteiger partial charge on any atom is -0.335 e. The van der Waals surface area contributed by atoms with Crippen molar-refractivity contribution < 1.29 is 4.79 Å². The maximum absolute atomic E-state index is 12.6. The molecule has 2 heterocycles. The minimum absolute atomic E-state index is 0.0866. The van der Waals surface area contributed by atoms with Crippen molar-refractivity contribution in [2.45, 2.75) is 39.7 Å². The third-order valence-electron chi connectivity index (χ3n) is 4.33. The summed E-state index contributed by atoms with van der Waals surface area (Å²) in [4.78, 5) is 21.1. The highest BCUT2D eigenvalue weighted by Crippen LogP contribution is 2.16. The van der Waals surface area contributed by atoms with Gasteiger partial charge >= 0.3 is 0 Å². The Kier molecular flexibility index (Phi) is 5.74. The molecule has 2 rings (SSSR count). The fraction of sp³-hybridized carbons (Fsp3) is 0.647. The first kappa shape index (κ1) is 16.0. The highest BCUT2D eigenvalue weighted by Gasteiger charge is 2.21. The van der Waals surface area contributed by atoms with Crippen molar-refractivity contribution in [1.29, 1.82) is 0 Å². The molecule has 1 fully saturated rings. The first-order chi connectivity index (χ1) is 10.1. The molecule has 0 unspecified atom stereocenters. The second-order valence-electron chi connectivity index (χ2n) is 6.36. The Morgan fingerprint density at radius 2 is 2.14 bits per heavy atom. The fourth-order valence-electron chi connectivity index (χ4n) is 2.78. The van der Waals surface area contributed by atoms with Crippen LogP contribution >= 0.6 is 0 Å². The topological polar surface area (TPSA) is 36.4 Å². The summed E-state index contributed by atoms with van der Waals surface area (Å²) in [5, 5.41) is 0. The molecule has 0 aliphatic carbocycles. The predicted molar refractivity (Wildman–Crippen MR) is 85.2 cm³/mol. The van der Waals surface area contributed by atoms with Crippen LogP contribution in [0.3, 0.4) is 0 Å². The quantitative estimate of drug-likeness (QED) is 0.836. The Bertz CT molecular complexity index is 439. The lowest BCUT2D eigenvalue weighted by molar-refractivity contribution is 0.0667. The van der Waals surface area contributed by atoms with Crippen molar-refractivity contribution in [3.05, 3.63) is 30.1 Å². The number of likely N-dealkylation sites (tertiary alicyclic amines) is 1. The summed E-state index contributed by atoms with van der Waals surface area (Å²) in [7, 11) is 0. The predicted octanol–water partition coefficient (Wildman–Crippen LogP) is 2.66. The monoisotopic (exact) mass is 289 g/mol. The van der Waals surface area contributed by atoms with E-state index < -0.39 is 0 Å². The van der Waals surface area contributed by atoms with Gasteiger partial charge in [-0.05, 0) is 57.8 Å². The van der Waals surface area contributed by atoms with Gasteiger partial charge in [-0.1, -0.05) is 6.92 Å². The molecule has 0 radical (unpaired) electrons. The Balaban J connectivity index is 1.92. The van der Waals surface area contributed by atoms with Crippen LogP contribution in [0.1, 0.15) is 44.0 Å². The van der Waals surface area contributed by atoms with Gasteiger partial charge in [-0.3, -0.25) is 9.78 Å². The van der Waals surface area contributed by atoms with Crippen molar-refractivity contribution >= 4 is 5.91 Å². The Morgan fingerprint density at radius 1 is 1.43 bits per heavy atom. The van der Waals surface area contributed by atoms with Crippen LogP contribution in [0.15, 0.2) is 24.5 Å². The smallest absolute Gasteiger partial charge is 0.255 e. The van der Waals surface area contributed by atoms with E-state index in [1.54, 1.807) is 12.4 Å². The fourth-order valence-corrected chi connectivity index (χ4v) is 2.78. The van der Waals surface area contributed by atoms with Crippen LogP contribution in [0.2, 0.25) is 0 Å². The molecule has 1 aromatic heterocycles. The lowest BCUT2D eigenvalue weighted by atomic mass is 9.99. The molecule has 1 saturated heterocycles. The van der Waals surface area contributed by atoms with Crippen LogP contribution in [0.5, 0.6) is 0 Å². The summed E-state index contributed by atoms with van der Waals surface area (Å²) in [5.74, 6) is 0.933. The summed E-state index contributed by atoms with van der Waals surface area (Å²) in [5.41, 5.74) is 0.679. The van der Waals surface area contributed by atoms with E-state index in [4.69, 9.17) is 0 Å². The van der Waals surface area contributed by atoms with Gasteiger partial charge in [-0.15, -0.1) is 0 Å². The molecule has 0 spiro atoms. The van der Waals surface area contributed by atoms with E-state index in [-0.39, 0.29) is 11.9 Å². The number of hydrogen-bond acceptors (Lipinski definition) is 3. The van der Waals surface area contributed by atoms with Gasteiger partial charge in [-0.2, -0.15) is 0 Å². The van der Waals surface area contributed by atoms with E-state index in [0.717, 1.165) is 32.1 Å². The molecule has 0 atom stereocenters. The summed E-state index contributed by atoms with van der Waals surface area (Å²) in [6, 6.07) is 3.87. The van der Waals surface area contributed by atoms with Crippen LogP contribution in [0, 0.1) is 5.92 Å². The van der Waals surface area contributed by atoms with Gasteiger partial charge in [0.05, 0.1) is 5.56 Å². The van der Waals surface area contributed by atoms with Crippen molar-refractivity contribution in [2.75, 3.05) is 26.2 Å². The van der Waals surface area contributed by atoms with Crippen LogP contribution in [0.4, 0.5) is 0 Å². The van der Waals surface area contributed by atoms with Gasteiger partial charge in [0, 0.05) is 31.5 Å². The number of carbonyl (C=O) groups is 1. The third kappa shape index (κ3) is 4.53. The van der Waals surface area contributed by atoms with E-state index in [0.29, 0.717) is 5.56 Å². The molecule has 4 heteroatoms. The van der Waals surface area contributed by atoms with E-state index in [1.807, 2.05) is 17.0 Å². The largest absolute Gasteiger partial charge is 0.335 e. The zero-order valence-corrected chi connectivity index (χ0v) is 13.5. The maximum atomic E-state index is 12.6. The minimum atomic E-state index is 0.0866. The molecule has 0 bridgehead atoms. The molecular formula is C17H27N3O. The third-order valence-corrected chi connectivity index (χ3v) is 4.33. The molecular weight excluding hydrogens is 262 g/mol.